The molecular weight excluding hydrogens is 210 g/mol. The lowest BCUT2D eigenvalue weighted by Gasteiger charge is -2.36. The smallest absolute Gasteiger partial charge is 0.159 e. The van der Waals surface area contributed by atoms with Gasteiger partial charge in [0.25, 0.3) is 0 Å². The molecule has 2 nitrogen and oxygen atoms in total. The maximum Gasteiger partial charge on any atom is 0.159 e. The van der Waals surface area contributed by atoms with E-state index in [1.807, 2.05) is 12.1 Å². The summed E-state index contributed by atoms with van der Waals surface area (Å²) in [6.07, 6.45) is 1.32. The fourth-order valence-electron chi connectivity index (χ4n) is 2.78. The van der Waals surface area contributed by atoms with E-state index < -0.39 is 0 Å². The zero-order valence-electron chi connectivity index (χ0n) is 10.9. The third-order valence-corrected chi connectivity index (χ3v) is 3.51. The molecule has 1 aliphatic heterocycles. The van der Waals surface area contributed by atoms with Crippen LogP contribution in [0.1, 0.15) is 37.6 Å². The number of ketones is 1. The van der Waals surface area contributed by atoms with Crippen LogP contribution in [0.3, 0.4) is 0 Å². The van der Waals surface area contributed by atoms with Crippen molar-refractivity contribution >= 4 is 11.5 Å². The average Bonchev–Trinajstić information content (AvgIpc) is 2.28. The van der Waals surface area contributed by atoms with Crippen LogP contribution in [0, 0.1) is 11.8 Å². The van der Waals surface area contributed by atoms with Gasteiger partial charge >= 0.3 is 0 Å². The molecule has 0 saturated carbocycles. The molecule has 1 aromatic rings. The standard InChI is InChI=1S/C15H21NO/c1-11-8-12(2)10-16(9-11)15-6-4-14(5-7-15)13(3)17/h4-7,11-12H,8-10H2,1-3H3. The fraction of sp³-hybridized carbons (Fsp3) is 0.533. The Morgan fingerprint density at radius 3 is 2.12 bits per heavy atom. The number of anilines is 1. The number of hydrogen-bond acceptors (Lipinski definition) is 2. The predicted molar refractivity (Wildman–Crippen MR) is 71.6 cm³/mol. The summed E-state index contributed by atoms with van der Waals surface area (Å²) >= 11 is 0. The average molecular weight is 231 g/mol. The Hall–Kier alpha value is -1.31. The maximum absolute atomic E-state index is 11.2. The van der Waals surface area contributed by atoms with Crippen molar-refractivity contribution in [1.29, 1.82) is 0 Å². The highest BCUT2D eigenvalue weighted by molar-refractivity contribution is 5.94. The zero-order chi connectivity index (χ0) is 12.4. The van der Waals surface area contributed by atoms with Crippen molar-refractivity contribution in [2.45, 2.75) is 27.2 Å². The maximum atomic E-state index is 11.2. The van der Waals surface area contributed by atoms with Gasteiger partial charge in [-0.15, -0.1) is 0 Å². The molecule has 0 spiro atoms. The highest BCUT2D eigenvalue weighted by atomic mass is 16.1. The van der Waals surface area contributed by atoms with Crippen LogP contribution < -0.4 is 4.90 Å². The van der Waals surface area contributed by atoms with Gasteiger partial charge in [-0.1, -0.05) is 13.8 Å². The summed E-state index contributed by atoms with van der Waals surface area (Å²) in [7, 11) is 0. The molecule has 2 heteroatoms. The van der Waals surface area contributed by atoms with Gasteiger partial charge in [-0.05, 0) is 49.4 Å². The summed E-state index contributed by atoms with van der Waals surface area (Å²) in [5.41, 5.74) is 2.04. The van der Waals surface area contributed by atoms with Crippen molar-refractivity contribution in [3.63, 3.8) is 0 Å². The van der Waals surface area contributed by atoms with E-state index in [1.165, 1.54) is 12.1 Å². The van der Waals surface area contributed by atoms with E-state index >= 15 is 0 Å². The number of benzene rings is 1. The lowest BCUT2D eigenvalue weighted by molar-refractivity contribution is 0.101. The Balaban J connectivity index is 2.14. The summed E-state index contributed by atoms with van der Waals surface area (Å²) in [5, 5.41) is 0. The number of nitrogens with zero attached hydrogens (tertiary/aromatic N) is 1. The van der Waals surface area contributed by atoms with Gasteiger partial charge in [0.05, 0.1) is 0 Å². The minimum absolute atomic E-state index is 0.136. The second-order valence-corrected chi connectivity index (χ2v) is 5.45. The molecule has 0 radical (unpaired) electrons. The Labute approximate surface area is 104 Å². The molecule has 1 aromatic carbocycles. The van der Waals surface area contributed by atoms with Gasteiger partial charge in [-0.25, -0.2) is 0 Å². The Morgan fingerprint density at radius 1 is 1.12 bits per heavy atom. The van der Waals surface area contributed by atoms with Gasteiger partial charge in [0.15, 0.2) is 5.78 Å². The zero-order valence-corrected chi connectivity index (χ0v) is 10.9. The Bertz CT molecular complexity index is 386. The monoisotopic (exact) mass is 231 g/mol. The highest BCUT2D eigenvalue weighted by Gasteiger charge is 2.21. The first kappa shape index (κ1) is 12.2. The van der Waals surface area contributed by atoms with Crippen LogP contribution in [0.25, 0.3) is 0 Å². The number of carbonyl (C=O) groups excluding carboxylic acids is 1. The van der Waals surface area contributed by atoms with Crippen LogP contribution >= 0.6 is 0 Å². The lowest BCUT2D eigenvalue weighted by Crippen LogP contribution is -2.38. The molecule has 0 aliphatic carbocycles. The van der Waals surface area contributed by atoms with Gasteiger partial charge in [0.1, 0.15) is 0 Å². The van der Waals surface area contributed by atoms with Crippen LogP contribution in [-0.4, -0.2) is 18.9 Å². The highest BCUT2D eigenvalue weighted by Crippen LogP contribution is 2.26. The van der Waals surface area contributed by atoms with Crippen LogP contribution in [0.5, 0.6) is 0 Å². The molecule has 0 bridgehead atoms. The van der Waals surface area contributed by atoms with Crippen molar-refractivity contribution in [3.8, 4) is 0 Å². The SMILES string of the molecule is CC(=O)c1ccc(N2CC(C)CC(C)C2)cc1. The fourth-order valence-corrected chi connectivity index (χ4v) is 2.78. The van der Waals surface area contributed by atoms with Gasteiger partial charge in [0.2, 0.25) is 0 Å². The second kappa shape index (κ2) is 4.91. The Morgan fingerprint density at radius 2 is 1.65 bits per heavy atom. The summed E-state index contributed by atoms with van der Waals surface area (Å²) in [6, 6.07) is 8.01. The van der Waals surface area contributed by atoms with Crippen LogP contribution in [-0.2, 0) is 0 Å². The first-order valence-electron chi connectivity index (χ1n) is 6.42. The minimum atomic E-state index is 0.136. The van der Waals surface area contributed by atoms with Crippen molar-refractivity contribution in [3.05, 3.63) is 29.8 Å². The molecule has 2 atom stereocenters. The minimum Gasteiger partial charge on any atom is -0.371 e. The van der Waals surface area contributed by atoms with E-state index in [2.05, 4.69) is 30.9 Å². The van der Waals surface area contributed by atoms with Crippen molar-refractivity contribution in [2.24, 2.45) is 11.8 Å². The normalized spacial score (nSPS) is 24.8. The van der Waals surface area contributed by atoms with Crippen molar-refractivity contribution < 1.29 is 4.79 Å². The van der Waals surface area contributed by atoms with Gasteiger partial charge in [0, 0.05) is 24.3 Å². The Kier molecular flexibility index (Phi) is 3.51. The van der Waals surface area contributed by atoms with Gasteiger partial charge in [-0.2, -0.15) is 0 Å². The molecule has 17 heavy (non-hydrogen) atoms. The predicted octanol–water partition coefficient (Wildman–Crippen LogP) is 3.37. The molecule has 1 heterocycles. The largest absolute Gasteiger partial charge is 0.371 e. The van der Waals surface area contributed by atoms with Crippen molar-refractivity contribution in [2.75, 3.05) is 18.0 Å². The van der Waals surface area contributed by atoms with Crippen LogP contribution in [0.2, 0.25) is 0 Å². The van der Waals surface area contributed by atoms with E-state index in [9.17, 15) is 4.79 Å². The van der Waals surface area contributed by atoms with Gasteiger partial charge in [-0.3, -0.25) is 4.79 Å². The lowest BCUT2D eigenvalue weighted by atomic mass is 9.91. The van der Waals surface area contributed by atoms with Crippen molar-refractivity contribution in [1.82, 2.24) is 0 Å². The molecule has 1 saturated heterocycles. The molecule has 92 valence electrons. The summed E-state index contributed by atoms with van der Waals surface area (Å²) < 4.78 is 0. The summed E-state index contributed by atoms with van der Waals surface area (Å²) in [5.74, 6) is 1.65. The molecule has 2 unspecified atom stereocenters. The topological polar surface area (TPSA) is 20.3 Å². The molecule has 2 rings (SSSR count). The molecule has 1 fully saturated rings. The number of hydrogen-bond donors (Lipinski definition) is 0. The molecule has 1 aliphatic rings. The summed E-state index contributed by atoms with van der Waals surface area (Å²) in [6.45, 7) is 8.49. The first-order valence-corrected chi connectivity index (χ1v) is 6.42. The third kappa shape index (κ3) is 2.87. The molecule has 0 amide bonds. The molecule has 0 N–H and O–H groups in total. The third-order valence-electron chi connectivity index (χ3n) is 3.51. The first-order chi connectivity index (χ1) is 8.06. The number of piperidine rings is 1. The van der Waals surface area contributed by atoms with Gasteiger partial charge < -0.3 is 4.90 Å². The van der Waals surface area contributed by atoms with E-state index in [-0.39, 0.29) is 5.78 Å². The van der Waals surface area contributed by atoms with Crippen LogP contribution in [0.4, 0.5) is 5.69 Å². The van der Waals surface area contributed by atoms with Crippen LogP contribution in [0.15, 0.2) is 24.3 Å². The quantitative estimate of drug-likeness (QED) is 0.727. The molecule has 0 aromatic heterocycles. The van der Waals surface area contributed by atoms with E-state index in [0.717, 1.165) is 30.5 Å². The van der Waals surface area contributed by atoms with E-state index in [4.69, 9.17) is 0 Å². The van der Waals surface area contributed by atoms with E-state index in [0.29, 0.717) is 0 Å². The number of Topliss-reactive ketones (excluding diaryl/α,β-unsaturated/α-hetero) is 1. The number of rotatable bonds is 2. The molecular formula is C15H21NO. The van der Waals surface area contributed by atoms with E-state index in [1.54, 1.807) is 6.92 Å². The number of carbonyl (C=O) groups is 1. The summed E-state index contributed by atoms with van der Waals surface area (Å²) in [4.78, 5) is 13.7. The second-order valence-electron chi connectivity index (χ2n) is 5.45.